The van der Waals surface area contributed by atoms with Crippen LogP contribution in [-0.2, 0) is 5.54 Å². The van der Waals surface area contributed by atoms with E-state index in [1.54, 1.807) is 16.8 Å². The van der Waals surface area contributed by atoms with Gasteiger partial charge in [0.05, 0.1) is 5.54 Å². The molecule has 0 fully saturated rings. The maximum absolute atomic E-state index is 14.6. The molecule has 2 aromatic heterocycles. The van der Waals surface area contributed by atoms with Crippen molar-refractivity contribution in [3.63, 3.8) is 0 Å². The van der Waals surface area contributed by atoms with E-state index >= 15 is 0 Å². The summed E-state index contributed by atoms with van der Waals surface area (Å²) in [5, 5.41) is 4.20. The molecule has 1 aliphatic heterocycles. The Kier molecular flexibility index (Phi) is 3.30. The van der Waals surface area contributed by atoms with Crippen LogP contribution in [-0.4, -0.2) is 20.8 Å². The van der Waals surface area contributed by atoms with Gasteiger partial charge in [-0.3, -0.25) is 4.99 Å². The van der Waals surface area contributed by atoms with Gasteiger partial charge in [0.2, 0.25) is 0 Å². The van der Waals surface area contributed by atoms with Gasteiger partial charge in [-0.05, 0) is 37.6 Å². The van der Waals surface area contributed by atoms with Gasteiger partial charge < -0.3 is 0 Å². The van der Waals surface area contributed by atoms with Crippen LogP contribution in [0.4, 0.5) is 4.39 Å². The van der Waals surface area contributed by atoms with E-state index in [2.05, 4.69) is 21.2 Å². The first-order chi connectivity index (χ1) is 11.6. The third-order valence-electron chi connectivity index (χ3n) is 4.66. The number of fused-ring (bicyclic) bond motifs is 1. The highest BCUT2D eigenvalue weighted by molar-refractivity contribution is 5.74. The summed E-state index contributed by atoms with van der Waals surface area (Å²) < 4.78 is 16.3. The van der Waals surface area contributed by atoms with Crippen molar-refractivity contribution in [2.75, 3.05) is 0 Å². The van der Waals surface area contributed by atoms with Crippen molar-refractivity contribution in [2.45, 2.75) is 25.3 Å². The van der Waals surface area contributed by atoms with Crippen LogP contribution in [0.2, 0.25) is 0 Å². The summed E-state index contributed by atoms with van der Waals surface area (Å²) in [4.78, 5) is 8.83. The first kappa shape index (κ1) is 14.8. The standard InChI is InChI=1S/C19H17FN4/c1-13-5-7-17(20)16(10-13)19(2)15(4-3-9-22-19)14-6-8-18-21-12-23-24(18)11-14/h3-12,15H,1-2H3. The molecule has 0 saturated carbocycles. The molecule has 1 aromatic carbocycles. The van der Waals surface area contributed by atoms with Crippen molar-refractivity contribution in [1.29, 1.82) is 0 Å². The van der Waals surface area contributed by atoms with Gasteiger partial charge in [-0.1, -0.05) is 29.8 Å². The van der Waals surface area contributed by atoms with Crippen LogP contribution in [0.15, 0.2) is 60.0 Å². The average molecular weight is 320 g/mol. The monoisotopic (exact) mass is 320 g/mol. The fourth-order valence-electron chi connectivity index (χ4n) is 3.34. The van der Waals surface area contributed by atoms with Crippen molar-refractivity contribution >= 4 is 11.9 Å². The summed E-state index contributed by atoms with van der Waals surface area (Å²) in [5.41, 5.74) is 2.71. The number of benzene rings is 1. The zero-order valence-electron chi connectivity index (χ0n) is 13.5. The summed E-state index contributed by atoms with van der Waals surface area (Å²) in [6, 6.07) is 9.10. The fourth-order valence-corrected chi connectivity index (χ4v) is 3.34. The predicted molar refractivity (Wildman–Crippen MR) is 91.8 cm³/mol. The van der Waals surface area contributed by atoms with Crippen molar-refractivity contribution in [3.8, 4) is 0 Å². The van der Waals surface area contributed by atoms with Crippen LogP contribution < -0.4 is 0 Å². The van der Waals surface area contributed by atoms with Gasteiger partial charge in [0.1, 0.15) is 12.1 Å². The fraction of sp³-hybridized carbons (Fsp3) is 0.211. The molecule has 0 amide bonds. The number of aryl methyl sites for hydroxylation is 1. The highest BCUT2D eigenvalue weighted by Gasteiger charge is 2.38. The third kappa shape index (κ3) is 2.24. The minimum Gasteiger partial charge on any atom is -0.281 e. The third-order valence-corrected chi connectivity index (χ3v) is 4.66. The molecular weight excluding hydrogens is 303 g/mol. The second kappa shape index (κ2) is 5.37. The van der Waals surface area contributed by atoms with Gasteiger partial charge in [-0.15, -0.1) is 0 Å². The number of aromatic nitrogens is 3. The Bertz CT molecular complexity index is 972. The Morgan fingerprint density at radius 1 is 1.21 bits per heavy atom. The first-order valence-electron chi connectivity index (χ1n) is 7.86. The van der Waals surface area contributed by atoms with E-state index in [0.29, 0.717) is 5.56 Å². The Labute approximate surface area is 139 Å². The van der Waals surface area contributed by atoms with Crippen LogP contribution in [0.25, 0.3) is 5.65 Å². The molecule has 0 saturated heterocycles. The molecule has 3 heterocycles. The number of allylic oxidation sites excluding steroid dienone is 1. The summed E-state index contributed by atoms with van der Waals surface area (Å²) in [7, 11) is 0. The van der Waals surface area contributed by atoms with E-state index in [1.807, 2.05) is 44.3 Å². The maximum Gasteiger partial charge on any atom is 0.155 e. The number of halogens is 1. The quantitative estimate of drug-likeness (QED) is 0.720. The molecule has 0 bridgehead atoms. The van der Waals surface area contributed by atoms with Crippen LogP contribution in [0.5, 0.6) is 0 Å². The number of aliphatic imine (C=N–C) groups is 1. The van der Waals surface area contributed by atoms with Gasteiger partial charge >= 0.3 is 0 Å². The number of hydrogen-bond donors (Lipinski definition) is 0. The van der Waals surface area contributed by atoms with Crippen molar-refractivity contribution in [1.82, 2.24) is 14.6 Å². The Hall–Kier alpha value is -2.82. The largest absolute Gasteiger partial charge is 0.281 e. The lowest BCUT2D eigenvalue weighted by atomic mass is 9.75. The summed E-state index contributed by atoms with van der Waals surface area (Å²) in [6.45, 7) is 3.94. The number of nitrogens with zero attached hydrogens (tertiary/aromatic N) is 4. The molecular formula is C19H17FN4. The van der Waals surface area contributed by atoms with E-state index < -0.39 is 5.54 Å². The van der Waals surface area contributed by atoms with E-state index in [1.165, 1.54) is 12.4 Å². The van der Waals surface area contributed by atoms with Gasteiger partial charge in [-0.25, -0.2) is 13.9 Å². The van der Waals surface area contributed by atoms with Crippen LogP contribution in [0, 0.1) is 12.7 Å². The Morgan fingerprint density at radius 3 is 2.96 bits per heavy atom. The molecule has 4 rings (SSSR count). The number of rotatable bonds is 2. The lowest BCUT2D eigenvalue weighted by molar-refractivity contribution is 0.418. The lowest BCUT2D eigenvalue weighted by Gasteiger charge is -2.35. The zero-order chi connectivity index (χ0) is 16.7. The van der Waals surface area contributed by atoms with Crippen LogP contribution in [0.1, 0.15) is 29.5 Å². The average Bonchev–Trinajstić information content (AvgIpc) is 3.05. The molecule has 0 N–H and O–H groups in total. The molecule has 0 aliphatic carbocycles. The summed E-state index contributed by atoms with van der Waals surface area (Å²) in [5.74, 6) is -0.324. The van der Waals surface area contributed by atoms with Crippen LogP contribution in [0.3, 0.4) is 0 Å². The number of hydrogen-bond acceptors (Lipinski definition) is 3. The normalized spacial score (nSPS) is 23.0. The van der Waals surface area contributed by atoms with Gasteiger partial charge in [-0.2, -0.15) is 5.10 Å². The van der Waals surface area contributed by atoms with E-state index in [-0.39, 0.29) is 11.7 Å². The summed E-state index contributed by atoms with van der Waals surface area (Å²) >= 11 is 0. The molecule has 1 aliphatic rings. The van der Waals surface area contributed by atoms with Crippen molar-refractivity contribution in [3.05, 3.63) is 77.5 Å². The summed E-state index contributed by atoms with van der Waals surface area (Å²) in [6.07, 6.45) is 9.17. The van der Waals surface area contributed by atoms with Crippen molar-refractivity contribution in [2.24, 2.45) is 4.99 Å². The lowest BCUT2D eigenvalue weighted by Crippen LogP contribution is -2.30. The smallest absolute Gasteiger partial charge is 0.155 e. The molecule has 24 heavy (non-hydrogen) atoms. The van der Waals surface area contributed by atoms with Gasteiger partial charge in [0.25, 0.3) is 0 Å². The molecule has 5 heteroatoms. The SMILES string of the molecule is Cc1ccc(F)c(C2(C)N=CC=CC2c2ccc3ncnn3c2)c1. The molecule has 120 valence electrons. The van der Waals surface area contributed by atoms with Gasteiger partial charge in [0, 0.05) is 23.9 Å². The van der Waals surface area contributed by atoms with E-state index in [0.717, 1.165) is 16.8 Å². The second-order valence-corrected chi connectivity index (χ2v) is 6.30. The maximum atomic E-state index is 14.6. The molecule has 0 spiro atoms. The van der Waals surface area contributed by atoms with Crippen LogP contribution >= 0.6 is 0 Å². The molecule has 2 atom stereocenters. The van der Waals surface area contributed by atoms with Crippen molar-refractivity contribution < 1.29 is 4.39 Å². The highest BCUT2D eigenvalue weighted by Crippen LogP contribution is 2.43. The Balaban J connectivity index is 1.87. The minimum atomic E-state index is -0.709. The first-order valence-corrected chi connectivity index (χ1v) is 7.86. The van der Waals surface area contributed by atoms with Gasteiger partial charge in [0.15, 0.2) is 5.65 Å². The predicted octanol–water partition coefficient (Wildman–Crippen LogP) is 3.82. The number of pyridine rings is 1. The minimum absolute atomic E-state index is 0.0904. The zero-order valence-corrected chi connectivity index (χ0v) is 13.5. The van der Waals surface area contributed by atoms with E-state index in [9.17, 15) is 4.39 Å². The Morgan fingerprint density at radius 2 is 2.08 bits per heavy atom. The molecule has 4 nitrogen and oxygen atoms in total. The number of dihydropyridines is 1. The molecule has 2 unspecified atom stereocenters. The molecule has 0 radical (unpaired) electrons. The topological polar surface area (TPSA) is 42.5 Å². The van der Waals surface area contributed by atoms with E-state index in [4.69, 9.17) is 0 Å². The highest BCUT2D eigenvalue weighted by atomic mass is 19.1. The second-order valence-electron chi connectivity index (χ2n) is 6.30. The molecule has 3 aromatic rings.